The second kappa shape index (κ2) is 5.63. The molecule has 0 amide bonds. The predicted molar refractivity (Wildman–Crippen MR) is 58.5 cm³/mol. The molecule has 1 aromatic heterocycles. The average Bonchev–Trinajstić information content (AvgIpc) is 2.50. The molecule has 0 aliphatic heterocycles. The first-order valence-electron chi connectivity index (χ1n) is 4.61. The van der Waals surface area contributed by atoms with Crippen LogP contribution >= 0.6 is 22.9 Å². The molecule has 1 atom stereocenters. The van der Waals surface area contributed by atoms with Crippen LogP contribution in [0.1, 0.15) is 24.6 Å². The summed E-state index contributed by atoms with van der Waals surface area (Å²) in [6, 6.07) is 3.97. The number of thiophene rings is 1. The highest BCUT2D eigenvalue weighted by molar-refractivity contribution is 7.16. The maximum atomic E-state index is 9.10. The first-order chi connectivity index (χ1) is 6.26. The Bertz CT molecular complexity index is 247. The van der Waals surface area contributed by atoms with Crippen LogP contribution in [0, 0.1) is 5.92 Å². The summed E-state index contributed by atoms with van der Waals surface area (Å²) < 4.78 is 0.836. The number of hydrogen-bond donors (Lipinski definition) is 1. The van der Waals surface area contributed by atoms with E-state index in [1.165, 1.54) is 4.88 Å². The number of rotatable bonds is 5. The van der Waals surface area contributed by atoms with Gasteiger partial charge < -0.3 is 5.11 Å². The molecular formula is C10H15ClOS. The Morgan fingerprint density at radius 3 is 2.77 bits per heavy atom. The molecule has 0 fully saturated rings. The maximum Gasteiger partial charge on any atom is 0.0931 e. The summed E-state index contributed by atoms with van der Waals surface area (Å²) in [6.07, 6.45) is 3.18. The molecule has 0 aromatic carbocycles. The van der Waals surface area contributed by atoms with Gasteiger partial charge in [0.15, 0.2) is 0 Å². The lowest BCUT2D eigenvalue weighted by molar-refractivity contribution is 0.217. The van der Waals surface area contributed by atoms with Crippen LogP contribution in [0.4, 0.5) is 0 Å². The van der Waals surface area contributed by atoms with Gasteiger partial charge in [-0.05, 0) is 30.9 Å². The molecular weight excluding hydrogens is 204 g/mol. The molecule has 0 aliphatic carbocycles. The van der Waals surface area contributed by atoms with Crippen LogP contribution in [0.25, 0.3) is 0 Å². The van der Waals surface area contributed by atoms with E-state index in [4.69, 9.17) is 16.7 Å². The highest BCUT2D eigenvalue weighted by Gasteiger charge is 2.08. The molecule has 1 heterocycles. The first-order valence-corrected chi connectivity index (χ1v) is 5.80. The van der Waals surface area contributed by atoms with E-state index >= 15 is 0 Å². The highest BCUT2D eigenvalue weighted by atomic mass is 35.5. The summed E-state index contributed by atoms with van der Waals surface area (Å²) in [6.45, 7) is 2.42. The van der Waals surface area contributed by atoms with Crippen molar-refractivity contribution >= 4 is 22.9 Å². The summed E-state index contributed by atoms with van der Waals surface area (Å²) in [4.78, 5) is 1.28. The van der Waals surface area contributed by atoms with Crippen molar-refractivity contribution in [2.75, 3.05) is 6.61 Å². The minimum absolute atomic E-state index is 0.281. The van der Waals surface area contributed by atoms with Gasteiger partial charge in [0.25, 0.3) is 0 Å². The van der Waals surface area contributed by atoms with Crippen molar-refractivity contribution in [2.45, 2.75) is 26.2 Å². The van der Waals surface area contributed by atoms with Crippen molar-refractivity contribution in [1.82, 2.24) is 0 Å². The smallest absolute Gasteiger partial charge is 0.0931 e. The van der Waals surface area contributed by atoms with Crippen molar-refractivity contribution in [3.8, 4) is 0 Å². The van der Waals surface area contributed by atoms with Crippen molar-refractivity contribution < 1.29 is 5.11 Å². The second-order valence-corrected chi connectivity index (χ2v) is 5.05. The van der Waals surface area contributed by atoms with E-state index in [1.807, 2.05) is 12.1 Å². The lowest BCUT2D eigenvalue weighted by Gasteiger charge is -2.10. The monoisotopic (exact) mass is 218 g/mol. The Labute approximate surface area is 88.4 Å². The van der Waals surface area contributed by atoms with Crippen LogP contribution in [0.3, 0.4) is 0 Å². The van der Waals surface area contributed by atoms with E-state index in [0.29, 0.717) is 5.92 Å². The molecule has 1 N–H and O–H groups in total. The zero-order valence-electron chi connectivity index (χ0n) is 7.79. The molecule has 1 nitrogen and oxygen atoms in total. The van der Waals surface area contributed by atoms with Gasteiger partial charge in [-0.2, -0.15) is 0 Å². The summed E-state index contributed by atoms with van der Waals surface area (Å²) in [5, 5.41) is 9.10. The molecule has 1 aromatic rings. The fourth-order valence-electron chi connectivity index (χ4n) is 1.41. The molecule has 0 aliphatic rings. The summed E-state index contributed by atoms with van der Waals surface area (Å²) in [5.41, 5.74) is 0. The lowest BCUT2D eigenvalue weighted by Crippen LogP contribution is -2.08. The molecule has 0 spiro atoms. The Morgan fingerprint density at radius 1 is 1.54 bits per heavy atom. The van der Waals surface area contributed by atoms with Crippen molar-refractivity contribution in [2.24, 2.45) is 5.92 Å². The van der Waals surface area contributed by atoms with Gasteiger partial charge in [0.2, 0.25) is 0 Å². The molecule has 0 bridgehead atoms. The van der Waals surface area contributed by atoms with Crippen molar-refractivity contribution in [1.29, 1.82) is 0 Å². The SMILES string of the molecule is CCCC(CO)Cc1ccc(Cl)s1. The molecule has 3 heteroatoms. The van der Waals surface area contributed by atoms with E-state index in [0.717, 1.165) is 23.6 Å². The van der Waals surface area contributed by atoms with Gasteiger partial charge in [0, 0.05) is 11.5 Å². The van der Waals surface area contributed by atoms with E-state index in [1.54, 1.807) is 11.3 Å². The number of hydrogen-bond acceptors (Lipinski definition) is 2. The van der Waals surface area contributed by atoms with E-state index in [2.05, 4.69) is 6.92 Å². The molecule has 0 saturated carbocycles. The highest BCUT2D eigenvalue weighted by Crippen LogP contribution is 2.24. The Balaban J connectivity index is 2.46. The van der Waals surface area contributed by atoms with Crippen LogP contribution in [0.15, 0.2) is 12.1 Å². The normalized spacial score (nSPS) is 13.2. The Hall–Kier alpha value is -0.0500. The van der Waals surface area contributed by atoms with Crippen LogP contribution in [-0.2, 0) is 6.42 Å². The van der Waals surface area contributed by atoms with Gasteiger partial charge in [-0.15, -0.1) is 11.3 Å². The molecule has 0 saturated heterocycles. The molecule has 0 radical (unpaired) electrons. The molecule has 1 rings (SSSR count). The van der Waals surface area contributed by atoms with Gasteiger partial charge in [-0.3, -0.25) is 0 Å². The van der Waals surface area contributed by atoms with Crippen LogP contribution in [-0.4, -0.2) is 11.7 Å². The summed E-state index contributed by atoms with van der Waals surface area (Å²) in [5.74, 6) is 0.403. The average molecular weight is 219 g/mol. The maximum absolute atomic E-state index is 9.10. The van der Waals surface area contributed by atoms with Gasteiger partial charge in [0.1, 0.15) is 0 Å². The largest absolute Gasteiger partial charge is 0.396 e. The van der Waals surface area contributed by atoms with Gasteiger partial charge in [-0.25, -0.2) is 0 Å². The predicted octanol–water partition coefficient (Wildman–Crippen LogP) is 3.35. The topological polar surface area (TPSA) is 20.2 Å². The minimum atomic E-state index is 0.281. The van der Waals surface area contributed by atoms with Crippen LogP contribution in [0.2, 0.25) is 4.34 Å². The quantitative estimate of drug-likeness (QED) is 0.804. The van der Waals surface area contributed by atoms with E-state index in [9.17, 15) is 0 Å². The second-order valence-electron chi connectivity index (χ2n) is 3.25. The third kappa shape index (κ3) is 3.67. The van der Waals surface area contributed by atoms with Gasteiger partial charge >= 0.3 is 0 Å². The first kappa shape index (κ1) is 11.0. The third-order valence-corrected chi connectivity index (χ3v) is 3.33. The fraction of sp³-hybridized carbons (Fsp3) is 0.600. The lowest BCUT2D eigenvalue weighted by atomic mass is 10.0. The van der Waals surface area contributed by atoms with Crippen LogP contribution in [0.5, 0.6) is 0 Å². The standard InChI is InChI=1S/C10H15ClOS/c1-2-3-8(7-12)6-9-4-5-10(11)13-9/h4-5,8,12H,2-3,6-7H2,1H3. The van der Waals surface area contributed by atoms with Gasteiger partial charge in [-0.1, -0.05) is 24.9 Å². The van der Waals surface area contributed by atoms with Crippen LogP contribution < -0.4 is 0 Å². The molecule has 1 unspecified atom stereocenters. The Kier molecular flexibility index (Phi) is 4.78. The van der Waals surface area contributed by atoms with E-state index in [-0.39, 0.29) is 6.61 Å². The number of halogens is 1. The van der Waals surface area contributed by atoms with Crippen molar-refractivity contribution in [3.63, 3.8) is 0 Å². The number of aliphatic hydroxyl groups excluding tert-OH is 1. The van der Waals surface area contributed by atoms with E-state index < -0.39 is 0 Å². The van der Waals surface area contributed by atoms with Crippen molar-refractivity contribution in [3.05, 3.63) is 21.3 Å². The zero-order chi connectivity index (χ0) is 9.68. The third-order valence-electron chi connectivity index (χ3n) is 2.07. The zero-order valence-corrected chi connectivity index (χ0v) is 9.37. The summed E-state index contributed by atoms with van der Waals surface area (Å²) >= 11 is 7.43. The Morgan fingerprint density at radius 2 is 2.31 bits per heavy atom. The minimum Gasteiger partial charge on any atom is -0.396 e. The summed E-state index contributed by atoms with van der Waals surface area (Å²) in [7, 11) is 0. The molecule has 13 heavy (non-hydrogen) atoms. The fourth-order valence-corrected chi connectivity index (χ4v) is 2.61. The number of aliphatic hydroxyl groups is 1. The molecule has 74 valence electrons. The van der Waals surface area contributed by atoms with Gasteiger partial charge in [0.05, 0.1) is 4.34 Å².